The van der Waals surface area contributed by atoms with Gasteiger partial charge in [-0.2, -0.15) is 18.2 Å². The number of anilines is 1. The number of pyridine rings is 1. The molecule has 1 aromatic heterocycles. The molecule has 7 heteroatoms. The van der Waals surface area contributed by atoms with Crippen LogP contribution >= 0.6 is 0 Å². The summed E-state index contributed by atoms with van der Waals surface area (Å²) in [6.07, 6.45) is 6.06. The van der Waals surface area contributed by atoms with E-state index in [1.54, 1.807) is 0 Å². The highest BCUT2D eigenvalue weighted by molar-refractivity contribution is 7.85. The van der Waals surface area contributed by atoms with Crippen molar-refractivity contribution < 1.29 is 17.5 Å². The van der Waals surface area contributed by atoms with Crippen molar-refractivity contribution in [2.45, 2.75) is 32.2 Å². The lowest BCUT2D eigenvalue weighted by Gasteiger charge is -2.25. The minimum absolute atomic E-state index is 0.277. The molecule has 0 unspecified atom stereocenters. The van der Waals surface area contributed by atoms with E-state index < -0.39 is 10.1 Å². The van der Waals surface area contributed by atoms with Gasteiger partial charge in [0.15, 0.2) is 6.20 Å². The van der Waals surface area contributed by atoms with Gasteiger partial charge in [0.05, 0.1) is 16.7 Å². The normalized spacial score (nSPS) is 16.6. The number of nitrogens with zero attached hydrogens (tertiary/aromatic N) is 3. The van der Waals surface area contributed by atoms with E-state index in [1.165, 1.54) is 5.56 Å². The minimum Gasteiger partial charge on any atom is -0.346 e. The molecule has 0 saturated carbocycles. The maximum absolute atomic E-state index is 11.1. The zero-order valence-corrected chi connectivity index (χ0v) is 20.4. The molecule has 2 heterocycles. The van der Waals surface area contributed by atoms with Crippen LogP contribution in [0.1, 0.15) is 31.4 Å². The number of hydrogen-bond acceptors (Lipinski definition) is 4. The lowest BCUT2D eigenvalue weighted by Crippen LogP contribution is -2.35. The van der Waals surface area contributed by atoms with Gasteiger partial charge in [0.2, 0.25) is 5.52 Å². The van der Waals surface area contributed by atoms with Crippen LogP contribution in [0.25, 0.3) is 17.0 Å². The van der Waals surface area contributed by atoms with Gasteiger partial charge in [-0.05, 0) is 29.3 Å². The molecular weight excluding hydrogens is 446 g/mol. The Hall–Kier alpha value is -3.47. The molecule has 174 valence electrons. The summed E-state index contributed by atoms with van der Waals surface area (Å²) >= 11 is 0. The van der Waals surface area contributed by atoms with Gasteiger partial charge in [-0.3, -0.25) is 4.55 Å². The number of likely N-dealkylation sites (N-methyl/N-ethyl adjacent to an activating group) is 1. The number of para-hydroxylation sites is 2. The smallest absolute Gasteiger partial charge is 0.265 e. The summed E-state index contributed by atoms with van der Waals surface area (Å²) < 4.78 is 33.1. The van der Waals surface area contributed by atoms with Gasteiger partial charge in [-0.15, -0.1) is 0 Å². The second-order valence-electron chi connectivity index (χ2n) is 9.03. The number of rotatable bonds is 6. The van der Waals surface area contributed by atoms with Gasteiger partial charge in [0.1, 0.15) is 12.6 Å². The summed E-state index contributed by atoms with van der Waals surface area (Å²) in [7, 11) is -1.98. The second-order valence-corrected chi connectivity index (χ2v) is 10.6. The molecule has 0 fully saturated rings. The molecule has 0 saturated heterocycles. The highest BCUT2D eigenvalue weighted by Gasteiger charge is 2.39. The highest BCUT2D eigenvalue weighted by Crippen LogP contribution is 2.48. The Morgan fingerprint density at radius 3 is 2.56 bits per heavy atom. The Morgan fingerprint density at radius 2 is 1.85 bits per heavy atom. The first-order valence-electron chi connectivity index (χ1n) is 11.2. The van der Waals surface area contributed by atoms with Crippen LogP contribution in [0, 0.1) is 11.3 Å². The number of nitriles is 1. The molecular formula is C27H28N3O3S+. The number of benzene rings is 2. The largest absolute Gasteiger partial charge is 0.346 e. The van der Waals surface area contributed by atoms with Gasteiger partial charge in [-0.1, -0.05) is 50.3 Å². The molecule has 0 spiro atoms. The van der Waals surface area contributed by atoms with E-state index in [9.17, 15) is 13.7 Å². The Labute approximate surface area is 200 Å². The van der Waals surface area contributed by atoms with Crippen LogP contribution in [0.5, 0.6) is 0 Å². The van der Waals surface area contributed by atoms with E-state index in [0.717, 1.165) is 27.9 Å². The van der Waals surface area contributed by atoms with E-state index in [4.69, 9.17) is 4.55 Å². The SMILES string of the molecule is CN1/C(=C(C#N)\C=C\c2cc[n+](CCCS(=O)(=O)O)c3ccccc23)C(C)(C)c2ccccc21. The second kappa shape index (κ2) is 9.05. The molecule has 0 radical (unpaired) electrons. The zero-order chi connectivity index (χ0) is 24.5. The molecule has 3 aromatic rings. The van der Waals surface area contributed by atoms with Gasteiger partial charge in [0.25, 0.3) is 10.1 Å². The van der Waals surface area contributed by atoms with E-state index >= 15 is 0 Å². The maximum Gasteiger partial charge on any atom is 0.265 e. The van der Waals surface area contributed by atoms with Crippen molar-refractivity contribution in [1.29, 1.82) is 5.26 Å². The topological polar surface area (TPSA) is 85.3 Å². The molecule has 0 aliphatic carbocycles. The fraction of sp³-hybridized carbons (Fsp3) is 0.259. The average Bonchev–Trinajstić information content (AvgIpc) is 3.00. The first-order chi connectivity index (χ1) is 16.1. The molecule has 0 bridgehead atoms. The van der Waals surface area contributed by atoms with E-state index in [1.807, 2.05) is 72.4 Å². The lowest BCUT2D eigenvalue weighted by molar-refractivity contribution is -0.671. The monoisotopic (exact) mass is 474 g/mol. The van der Waals surface area contributed by atoms with Crippen LogP contribution in [-0.2, 0) is 22.1 Å². The molecule has 0 amide bonds. The van der Waals surface area contributed by atoms with Gasteiger partial charge in [0, 0.05) is 42.4 Å². The predicted molar refractivity (Wildman–Crippen MR) is 135 cm³/mol. The third kappa shape index (κ3) is 4.47. The Balaban J connectivity index is 1.71. The minimum atomic E-state index is -3.98. The standard InChI is InChI=1S/C27H27N3O3S/c1-27(2)23-10-5-7-12-25(23)29(3)26(27)21(19-28)14-13-20-15-17-30(16-8-18-34(31,32)33)24-11-6-4-9-22(20)24/h4-7,9-15,17H,8,16,18H2,1-3H3/p+1. The number of hydrogen-bond donors (Lipinski definition) is 1. The van der Waals surface area contributed by atoms with Crippen molar-refractivity contribution in [3.8, 4) is 6.07 Å². The Kier molecular flexibility index (Phi) is 6.30. The van der Waals surface area contributed by atoms with Crippen molar-refractivity contribution in [1.82, 2.24) is 0 Å². The molecule has 6 nitrogen and oxygen atoms in total. The zero-order valence-electron chi connectivity index (χ0n) is 19.6. The summed E-state index contributed by atoms with van der Waals surface area (Å²) in [5.74, 6) is -0.277. The summed E-state index contributed by atoms with van der Waals surface area (Å²) in [5.41, 5.74) is 5.51. The van der Waals surface area contributed by atoms with Gasteiger partial charge < -0.3 is 4.90 Å². The first kappa shape index (κ1) is 23.7. The quantitative estimate of drug-likeness (QED) is 0.320. The van der Waals surface area contributed by atoms with E-state index in [-0.39, 0.29) is 11.2 Å². The highest BCUT2D eigenvalue weighted by atomic mass is 32.2. The number of aryl methyl sites for hydroxylation is 1. The molecule has 1 aliphatic heterocycles. The van der Waals surface area contributed by atoms with Crippen molar-refractivity contribution >= 4 is 32.8 Å². The van der Waals surface area contributed by atoms with Crippen LogP contribution in [-0.4, -0.2) is 25.8 Å². The number of allylic oxidation sites excluding steroid dienone is 3. The average molecular weight is 475 g/mol. The maximum atomic E-state index is 11.1. The van der Waals surface area contributed by atoms with Crippen molar-refractivity contribution in [3.05, 3.63) is 89.3 Å². The Morgan fingerprint density at radius 1 is 1.15 bits per heavy atom. The summed E-state index contributed by atoms with van der Waals surface area (Å²) in [6.45, 7) is 4.75. The number of fused-ring (bicyclic) bond motifs is 2. The summed E-state index contributed by atoms with van der Waals surface area (Å²) in [6, 6.07) is 20.5. The van der Waals surface area contributed by atoms with Crippen molar-refractivity contribution in [2.24, 2.45) is 0 Å². The van der Waals surface area contributed by atoms with Gasteiger partial charge >= 0.3 is 0 Å². The third-order valence-electron chi connectivity index (χ3n) is 6.43. The fourth-order valence-corrected chi connectivity index (χ4v) is 5.38. The Bertz CT molecular complexity index is 1460. The summed E-state index contributed by atoms with van der Waals surface area (Å²) in [5, 5.41) is 11.1. The molecule has 34 heavy (non-hydrogen) atoms. The van der Waals surface area contributed by atoms with Crippen LogP contribution in [0.4, 0.5) is 5.69 Å². The van der Waals surface area contributed by atoms with Crippen LogP contribution in [0.15, 0.2) is 78.1 Å². The van der Waals surface area contributed by atoms with Crippen molar-refractivity contribution in [2.75, 3.05) is 17.7 Å². The predicted octanol–water partition coefficient (Wildman–Crippen LogP) is 4.62. The third-order valence-corrected chi connectivity index (χ3v) is 7.24. The fourth-order valence-electron chi connectivity index (χ4n) is 4.89. The summed E-state index contributed by atoms with van der Waals surface area (Å²) in [4.78, 5) is 2.10. The van der Waals surface area contributed by atoms with Crippen LogP contribution < -0.4 is 9.47 Å². The van der Waals surface area contributed by atoms with E-state index in [2.05, 4.69) is 36.9 Å². The van der Waals surface area contributed by atoms with Crippen LogP contribution in [0.3, 0.4) is 0 Å². The van der Waals surface area contributed by atoms with Crippen LogP contribution in [0.2, 0.25) is 0 Å². The van der Waals surface area contributed by atoms with Crippen molar-refractivity contribution in [3.63, 3.8) is 0 Å². The number of aromatic nitrogens is 1. The molecule has 0 atom stereocenters. The lowest BCUT2D eigenvalue weighted by atomic mass is 9.82. The van der Waals surface area contributed by atoms with Gasteiger partial charge in [-0.25, -0.2) is 0 Å². The molecule has 4 rings (SSSR count). The molecule has 1 N–H and O–H groups in total. The molecule has 1 aliphatic rings. The van der Waals surface area contributed by atoms with E-state index in [0.29, 0.717) is 18.5 Å². The first-order valence-corrected chi connectivity index (χ1v) is 12.8. The molecule has 2 aromatic carbocycles.